The molecule has 0 aromatic heterocycles. The Morgan fingerprint density at radius 3 is 2.40 bits per heavy atom. The van der Waals surface area contributed by atoms with Crippen LogP contribution in [0, 0.1) is 56.7 Å². The summed E-state index contributed by atoms with van der Waals surface area (Å²) in [5, 5.41) is 11.0. The highest BCUT2D eigenvalue weighted by Crippen LogP contribution is 2.75. The minimum Gasteiger partial charge on any atom is -0.465 e. The van der Waals surface area contributed by atoms with Crippen LogP contribution in [0.3, 0.4) is 0 Å². The minimum absolute atomic E-state index is 0.0213. The molecule has 1 N–H and O–H groups in total. The summed E-state index contributed by atoms with van der Waals surface area (Å²) in [5.74, 6) is 2.78. The van der Waals surface area contributed by atoms with Gasteiger partial charge in [-0.1, -0.05) is 60.1 Å². The van der Waals surface area contributed by atoms with Crippen molar-refractivity contribution in [3.05, 3.63) is 11.6 Å². The molecule has 1 heterocycles. The van der Waals surface area contributed by atoms with Crippen molar-refractivity contribution in [3.63, 3.8) is 0 Å². The predicted octanol–water partition coefficient (Wildman–Crippen LogP) is 8.42. The summed E-state index contributed by atoms with van der Waals surface area (Å²) in [6.07, 6.45) is 17.2. The van der Waals surface area contributed by atoms with Gasteiger partial charge < -0.3 is 14.7 Å². The van der Waals surface area contributed by atoms with Gasteiger partial charge >= 0.3 is 5.97 Å². The van der Waals surface area contributed by atoms with Crippen LogP contribution in [-0.2, 0) is 9.53 Å². The zero-order chi connectivity index (χ0) is 30.1. The van der Waals surface area contributed by atoms with E-state index >= 15 is 0 Å². The second-order valence-electron chi connectivity index (χ2n) is 17.6. The van der Waals surface area contributed by atoms with Gasteiger partial charge in [-0.05, 0) is 154 Å². The van der Waals surface area contributed by atoms with Crippen LogP contribution < -0.4 is 0 Å². The monoisotopic (exact) mass is 581 g/mol. The lowest BCUT2D eigenvalue weighted by Gasteiger charge is -2.71. The number of likely N-dealkylation sites (tertiary alicyclic amines) is 1. The van der Waals surface area contributed by atoms with Gasteiger partial charge in [0.05, 0.1) is 18.1 Å². The summed E-state index contributed by atoms with van der Waals surface area (Å²) in [4.78, 5) is 16.8. The van der Waals surface area contributed by atoms with Crippen molar-refractivity contribution in [2.75, 3.05) is 26.2 Å². The lowest BCUT2D eigenvalue weighted by atomic mass is 9.33. The Morgan fingerprint density at radius 1 is 0.929 bits per heavy atom. The van der Waals surface area contributed by atoms with Crippen LogP contribution in [0.2, 0.25) is 0 Å². The molecule has 6 aliphatic rings. The topological polar surface area (TPSA) is 49.8 Å². The maximum atomic E-state index is 14.2. The van der Waals surface area contributed by atoms with Crippen LogP contribution >= 0.6 is 0 Å². The molecule has 6 rings (SSSR count). The number of allylic oxidation sites excluding steroid dienone is 2. The Hall–Kier alpha value is -0.870. The van der Waals surface area contributed by atoms with Gasteiger partial charge in [-0.2, -0.15) is 0 Å². The Kier molecular flexibility index (Phi) is 8.07. The van der Waals surface area contributed by atoms with Crippen molar-refractivity contribution in [2.45, 2.75) is 138 Å². The van der Waals surface area contributed by atoms with Crippen molar-refractivity contribution in [2.24, 2.45) is 56.7 Å². The van der Waals surface area contributed by atoms with Gasteiger partial charge in [0, 0.05) is 0 Å². The van der Waals surface area contributed by atoms with Gasteiger partial charge in [-0.3, -0.25) is 4.79 Å². The number of carbonyl (C=O) groups excluding carboxylic acids is 1. The van der Waals surface area contributed by atoms with Crippen molar-refractivity contribution < 1.29 is 14.6 Å². The van der Waals surface area contributed by atoms with Crippen molar-refractivity contribution in [1.82, 2.24) is 4.90 Å². The van der Waals surface area contributed by atoms with E-state index in [2.05, 4.69) is 59.4 Å². The van der Waals surface area contributed by atoms with Gasteiger partial charge in [-0.25, -0.2) is 0 Å². The van der Waals surface area contributed by atoms with Crippen LogP contribution in [-0.4, -0.2) is 48.3 Å². The molecule has 5 fully saturated rings. The van der Waals surface area contributed by atoms with Crippen LogP contribution in [0.1, 0.15) is 132 Å². The molecule has 5 aliphatic carbocycles. The summed E-state index contributed by atoms with van der Waals surface area (Å²) in [6, 6.07) is 0. The van der Waals surface area contributed by atoms with Gasteiger partial charge in [0.15, 0.2) is 0 Å². The van der Waals surface area contributed by atoms with Crippen molar-refractivity contribution in [3.8, 4) is 0 Å². The Morgan fingerprint density at radius 2 is 1.67 bits per heavy atom. The van der Waals surface area contributed by atoms with Crippen molar-refractivity contribution in [1.29, 1.82) is 0 Å². The Balaban J connectivity index is 1.26. The van der Waals surface area contributed by atoms with Gasteiger partial charge in [0.1, 0.15) is 0 Å². The summed E-state index contributed by atoms with van der Waals surface area (Å²) in [6.45, 7) is 21.6. The molecule has 4 nitrogen and oxygen atoms in total. The van der Waals surface area contributed by atoms with Crippen LogP contribution in [0.5, 0.6) is 0 Å². The maximum Gasteiger partial charge on any atom is 0.312 e. The van der Waals surface area contributed by atoms with Crippen LogP contribution in [0.25, 0.3) is 0 Å². The summed E-state index contributed by atoms with van der Waals surface area (Å²) < 4.78 is 6.25. The molecule has 0 aromatic rings. The average Bonchev–Trinajstić information content (AvgIpc) is 3.47. The number of ether oxygens (including phenoxy) is 1. The van der Waals surface area contributed by atoms with E-state index < -0.39 is 0 Å². The molecule has 0 bridgehead atoms. The highest BCUT2D eigenvalue weighted by Gasteiger charge is 2.69. The van der Waals surface area contributed by atoms with Gasteiger partial charge in [0.2, 0.25) is 0 Å². The summed E-state index contributed by atoms with van der Waals surface area (Å²) in [7, 11) is 0. The van der Waals surface area contributed by atoms with E-state index in [1.54, 1.807) is 5.57 Å². The van der Waals surface area contributed by atoms with Crippen LogP contribution in [0.15, 0.2) is 11.6 Å². The molecule has 10 atom stereocenters. The Bertz CT molecular complexity index is 1060. The Labute approximate surface area is 257 Å². The summed E-state index contributed by atoms with van der Waals surface area (Å²) >= 11 is 0. The van der Waals surface area contributed by atoms with E-state index in [1.807, 2.05) is 0 Å². The predicted molar refractivity (Wildman–Crippen MR) is 171 cm³/mol. The van der Waals surface area contributed by atoms with E-state index in [4.69, 9.17) is 4.74 Å². The molecular weight excluding hydrogens is 518 g/mol. The number of esters is 1. The smallest absolute Gasteiger partial charge is 0.312 e. The number of carbonyl (C=O) groups is 1. The molecule has 1 aliphatic heterocycles. The molecule has 238 valence electrons. The number of aliphatic hydroxyl groups excluding tert-OH is 1. The minimum atomic E-state index is -0.340. The zero-order valence-corrected chi connectivity index (χ0v) is 28.3. The molecule has 0 radical (unpaired) electrons. The highest BCUT2D eigenvalue weighted by molar-refractivity contribution is 5.79. The summed E-state index contributed by atoms with van der Waals surface area (Å²) in [5.41, 5.74) is 1.89. The second-order valence-corrected chi connectivity index (χ2v) is 17.6. The van der Waals surface area contributed by atoms with Crippen LogP contribution in [0.4, 0.5) is 0 Å². The number of unbranched alkanes of at least 4 members (excludes halogenated alkanes) is 1. The fraction of sp³-hybridized carbons (Fsp3) is 0.921. The first-order chi connectivity index (χ1) is 19.8. The molecule has 0 spiro atoms. The first kappa shape index (κ1) is 31.1. The highest BCUT2D eigenvalue weighted by atomic mass is 16.5. The third-order valence-corrected chi connectivity index (χ3v) is 15.7. The van der Waals surface area contributed by atoms with E-state index in [1.165, 1.54) is 38.8 Å². The van der Waals surface area contributed by atoms with E-state index in [0.717, 1.165) is 64.3 Å². The second kappa shape index (κ2) is 10.9. The number of nitrogens with zero attached hydrogens (tertiary/aromatic N) is 1. The molecule has 42 heavy (non-hydrogen) atoms. The van der Waals surface area contributed by atoms with E-state index in [9.17, 15) is 9.90 Å². The first-order valence-corrected chi connectivity index (χ1v) is 18.1. The number of hydrogen-bond donors (Lipinski definition) is 1. The molecule has 0 unspecified atom stereocenters. The van der Waals surface area contributed by atoms with Gasteiger partial charge in [0.25, 0.3) is 0 Å². The number of aliphatic hydroxyl groups is 1. The SMILES string of the molecule is C[C@H]1[C@H](C)CC[C@]2(C(=O)OCCCCN3CCCC3)CC[C@]3(C)C(=CC[C@@H]4[C@@]5(C)CC[C@H](O)C(C)(C)[C@@H]5CC[C@]43C)[C@H]12. The first-order valence-electron chi connectivity index (χ1n) is 18.1. The number of hydrogen-bond acceptors (Lipinski definition) is 4. The normalized spacial score (nSPS) is 48.3. The number of rotatable bonds is 6. The average molecular weight is 582 g/mol. The van der Waals surface area contributed by atoms with Gasteiger partial charge in [-0.15, -0.1) is 0 Å². The fourth-order valence-electron chi connectivity index (χ4n) is 12.6. The molecule has 1 saturated heterocycles. The molecule has 0 aromatic carbocycles. The van der Waals surface area contributed by atoms with Crippen molar-refractivity contribution >= 4 is 5.97 Å². The lowest BCUT2D eigenvalue weighted by Crippen LogP contribution is -2.65. The largest absolute Gasteiger partial charge is 0.465 e. The quantitative estimate of drug-likeness (QED) is 0.194. The standard InChI is InChI=1S/C38H63NO3/c1-26-14-19-38(33(41)42-25-11-10-24-39-22-8-9-23-39)21-20-36(6)28(32(38)27(26)2)12-13-30-35(5)17-16-31(40)34(3,4)29(35)15-18-37(30,36)7/h12,26-27,29-32,40H,8-11,13-25H2,1-7H3/t26-,27+,29+,30-,31+,32+,35+,36-,37-,38+/m1/s1. The molecular formula is C38H63NO3. The third kappa shape index (κ3) is 4.45. The van der Waals surface area contributed by atoms with E-state index in [0.29, 0.717) is 36.2 Å². The molecule has 4 saturated carbocycles. The zero-order valence-electron chi connectivity index (χ0n) is 28.3. The maximum absolute atomic E-state index is 14.2. The van der Waals surface area contributed by atoms with E-state index in [-0.39, 0.29) is 39.1 Å². The fourth-order valence-corrected chi connectivity index (χ4v) is 12.6. The third-order valence-electron chi connectivity index (χ3n) is 15.7. The lowest BCUT2D eigenvalue weighted by molar-refractivity contribution is -0.207. The molecule has 4 heteroatoms. The number of fused-ring (bicyclic) bond motifs is 7. The molecule has 0 amide bonds.